The first-order valence-electron chi connectivity index (χ1n) is 4.80. The highest BCUT2D eigenvalue weighted by Gasteiger charge is 2.26. The maximum atomic E-state index is 9.63. The largest absolute Gasteiger partial charge is 0.315 e. The molecule has 14 heavy (non-hydrogen) atoms. The summed E-state index contributed by atoms with van der Waals surface area (Å²) in [6.07, 6.45) is 2.32. The molecular weight excluding hydrogens is 200 g/mol. The van der Waals surface area contributed by atoms with Crippen molar-refractivity contribution in [1.29, 1.82) is 0 Å². The summed E-state index contributed by atoms with van der Waals surface area (Å²) in [5.74, 6) is 0. The average molecular weight is 222 g/mol. The van der Waals surface area contributed by atoms with Crippen molar-refractivity contribution < 1.29 is 8.42 Å². The second-order valence-corrected chi connectivity index (χ2v) is 6.46. The van der Waals surface area contributed by atoms with E-state index >= 15 is 0 Å². The van der Waals surface area contributed by atoms with Crippen molar-refractivity contribution in [3.05, 3.63) is 0 Å². The Labute approximate surface area is 87.6 Å². The average Bonchev–Trinajstić information content (AvgIpc) is 1.79. The van der Waals surface area contributed by atoms with Crippen molar-refractivity contribution in [3.63, 3.8) is 0 Å². The minimum Gasteiger partial charge on any atom is -0.315 e. The van der Waals surface area contributed by atoms with E-state index in [9.17, 15) is 8.42 Å². The monoisotopic (exact) mass is 222 g/mol. The molecule has 0 saturated carbocycles. The summed E-state index contributed by atoms with van der Waals surface area (Å²) < 4.78 is 19.3. The molecule has 0 spiro atoms. The van der Waals surface area contributed by atoms with Crippen molar-refractivity contribution in [2.75, 3.05) is 32.6 Å². The van der Waals surface area contributed by atoms with E-state index in [0.717, 1.165) is 24.6 Å². The van der Waals surface area contributed by atoms with Crippen molar-refractivity contribution in [1.82, 2.24) is 10.2 Å². The molecule has 1 aliphatic heterocycles. The predicted octanol–water partition coefficient (Wildman–Crippen LogP) is -0.0408. The fourth-order valence-electron chi connectivity index (χ4n) is 1.12. The van der Waals surface area contributed by atoms with Crippen molar-refractivity contribution in [2.24, 2.45) is 0 Å². The smallest absolute Gasteiger partial charge is 0.144 e. The summed E-state index contributed by atoms with van der Waals surface area (Å²) in [5, 5.41) is 3.24. The Morgan fingerprint density at radius 1 is 1.29 bits per heavy atom. The molecule has 0 atom stereocenters. The van der Waals surface area contributed by atoms with Gasteiger partial charge >= 0.3 is 0 Å². The van der Waals surface area contributed by atoms with E-state index in [-0.39, 0.29) is 0 Å². The Kier molecular flexibility index (Phi) is 5.63. The number of rotatable bonds is 2. The first kappa shape index (κ1) is 13.9. The minimum atomic E-state index is -2.67. The molecule has 0 aromatic rings. The lowest BCUT2D eigenvalue weighted by molar-refractivity contribution is 0.0966. The molecule has 1 rings (SSSR count). The Morgan fingerprint density at radius 2 is 1.64 bits per heavy atom. The topological polar surface area (TPSA) is 49.4 Å². The highest BCUT2D eigenvalue weighted by atomic mass is 32.2. The summed E-state index contributed by atoms with van der Waals surface area (Å²) in [6.45, 7) is 6.94. The Hall–Kier alpha value is -0.130. The van der Waals surface area contributed by atoms with E-state index in [1.54, 1.807) is 0 Å². The quantitative estimate of drug-likeness (QED) is 0.712. The van der Waals surface area contributed by atoms with Gasteiger partial charge in [-0.2, -0.15) is 0 Å². The molecule has 1 aliphatic rings. The van der Waals surface area contributed by atoms with Crippen LogP contribution in [0.2, 0.25) is 0 Å². The fourth-order valence-corrected chi connectivity index (χ4v) is 1.12. The zero-order valence-electron chi connectivity index (χ0n) is 9.74. The van der Waals surface area contributed by atoms with Gasteiger partial charge in [0.25, 0.3) is 0 Å². The molecule has 0 amide bonds. The summed E-state index contributed by atoms with van der Waals surface area (Å²) in [4.78, 5) is 2.46. The molecule has 0 aromatic carbocycles. The minimum absolute atomic E-state index is 0.731. The summed E-state index contributed by atoms with van der Waals surface area (Å²) in [6, 6.07) is 1.49. The van der Waals surface area contributed by atoms with Gasteiger partial charge in [0.15, 0.2) is 0 Å². The molecule has 86 valence electrons. The molecule has 1 fully saturated rings. The Balaban J connectivity index is 0.000000292. The molecule has 1 heterocycles. The Bertz CT molecular complexity index is 236. The lowest BCUT2D eigenvalue weighted by atomic mass is 10.1. The second-order valence-electron chi connectivity index (χ2n) is 4.18. The van der Waals surface area contributed by atoms with Gasteiger partial charge in [-0.25, -0.2) is 8.42 Å². The maximum Gasteiger partial charge on any atom is 0.144 e. The third-order valence-corrected chi connectivity index (χ3v) is 2.05. The fraction of sp³-hybridized carbons (Fsp3) is 1.00. The van der Waals surface area contributed by atoms with E-state index in [1.165, 1.54) is 13.1 Å². The predicted molar refractivity (Wildman–Crippen MR) is 60.3 cm³/mol. The van der Waals surface area contributed by atoms with Crippen LogP contribution < -0.4 is 5.32 Å². The zero-order valence-corrected chi connectivity index (χ0v) is 10.6. The molecule has 1 N–H and O–H groups in total. The molecule has 1 saturated heterocycles. The van der Waals surface area contributed by atoms with Crippen LogP contribution in [-0.4, -0.2) is 58.1 Å². The third-order valence-electron chi connectivity index (χ3n) is 2.05. The lowest BCUT2D eigenvalue weighted by Gasteiger charge is -2.41. The number of hydrogen-bond acceptors (Lipinski definition) is 4. The number of hydrogen-bond donors (Lipinski definition) is 1. The molecule has 0 aliphatic carbocycles. The van der Waals surface area contributed by atoms with Crippen LogP contribution in [0.15, 0.2) is 0 Å². The zero-order chi connectivity index (χ0) is 11.4. The van der Waals surface area contributed by atoms with Crippen LogP contribution in [0.25, 0.3) is 0 Å². The number of nitrogens with one attached hydrogen (secondary N) is 1. The van der Waals surface area contributed by atoms with Gasteiger partial charge < -0.3 is 5.32 Å². The molecule has 0 unspecified atom stereocenters. The van der Waals surface area contributed by atoms with Gasteiger partial charge in [0, 0.05) is 37.7 Å². The van der Waals surface area contributed by atoms with Gasteiger partial charge in [0.1, 0.15) is 9.84 Å². The lowest BCUT2D eigenvalue weighted by Crippen LogP contribution is -2.59. The van der Waals surface area contributed by atoms with Crippen molar-refractivity contribution in [2.45, 2.75) is 25.9 Å². The number of likely N-dealkylation sites (N-methyl/N-ethyl adjacent to an activating group) is 1. The van der Waals surface area contributed by atoms with E-state index in [1.807, 2.05) is 7.05 Å². The Morgan fingerprint density at radius 3 is 1.86 bits per heavy atom. The summed E-state index contributed by atoms with van der Waals surface area (Å²) in [7, 11) is -0.637. The van der Waals surface area contributed by atoms with Crippen molar-refractivity contribution in [3.8, 4) is 0 Å². The number of sulfone groups is 1. The number of nitrogens with zero attached hydrogens (tertiary/aromatic N) is 1. The van der Waals surface area contributed by atoms with Crippen molar-refractivity contribution >= 4 is 9.84 Å². The highest BCUT2D eigenvalue weighted by Crippen LogP contribution is 2.10. The van der Waals surface area contributed by atoms with Gasteiger partial charge in [0.05, 0.1) is 0 Å². The van der Waals surface area contributed by atoms with E-state index in [4.69, 9.17) is 0 Å². The standard InChI is InChI=1S/C7H16N2.C2H6O2S/c1-6(2)9-4-7(5-9)8-3;1-5(2,3)4/h6-8H,4-5H2,1-3H3;1-2H3. The number of likely N-dealkylation sites (tertiary alicyclic amines) is 1. The SMILES string of the molecule is CNC1CN(C(C)C)C1.CS(C)(=O)=O. The molecule has 5 heteroatoms. The molecule has 0 radical (unpaired) electrons. The van der Waals surface area contributed by atoms with Crippen LogP contribution in [0.3, 0.4) is 0 Å². The second kappa shape index (κ2) is 5.68. The summed E-state index contributed by atoms with van der Waals surface area (Å²) in [5.41, 5.74) is 0. The molecule has 0 aromatic heterocycles. The first-order valence-corrected chi connectivity index (χ1v) is 7.10. The van der Waals surface area contributed by atoms with Crippen LogP contribution in [0.5, 0.6) is 0 Å². The third kappa shape index (κ3) is 7.29. The normalized spacial score (nSPS) is 18.7. The van der Waals surface area contributed by atoms with Crippen LogP contribution in [0, 0.1) is 0 Å². The van der Waals surface area contributed by atoms with E-state index < -0.39 is 9.84 Å². The van der Waals surface area contributed by atoms with Gasteiger partial charge in [-0.15, -0.1) is 0 Å². The first-order chi connectivity index (χ1) is 6.24. The summed E-state index contributed by atoms with van der Waals surface area (Å²) >= 11 is 0. The molecule has 4 nitrogen and oxygen atoms in total. The molecule has 0 bridgehead atoms. The van der Waals surface area contributed by atoms with E-state index in [0.29, 0.717) is 0 Å². The van der Waals surface area contributed by atoms with Crippen LogP contribution in [-0.2, 0) is 9.84 Å². The highest BCUT2D eigenvalue weighted by molar-refractivity contribution is 7.89. The van der Waals surface area contributed by atoms with Crippen LogP contribution >= 0.6 is 0 Å². The van der Waals surface area contributed by atoms with Gasteiger partial charge in [0.2, 0.25) is 0 Å². The van der Waals surface area contributed by atoms with Crippen LogP contribution in [0.4, 0.5) is 0 Å². The maximum absolute atomic E-state index is 9.63. The molecular formula is C9H22N2O2S. The van der Waals surface area contributed by atoms with E-state index in [2.05, 4.69) is 24.1 Å². The van der Waals surface area contributed by atoms with Gasteiger partial charge in [-0.1, -0.05) is 0 Å². The van der Waals surface area contributed by atoms with Crippen LogP contribution in [0.1, 0.15) is 13.8 Å². The van der Waals surface area contributed by atoms with Gasteiger partial charge in [-0.3, -0.25) is 4.90 Å². The van der Waals surface area contributed by atoms with Gasteiger partial charge in [-0.05, 0) is 20.9 Å².